The summed E-state index contributed by atoms with van der Waals surface area (Å²) in [6.45, 7) is 2.77. The minimum Gasteiger partial charge on any atom is -0.397 e. The summed E-state index contributed by atoms with van der Waals surface area (Å²) in [4.78, 5) is 16.1. The van der Waals surface area contributed by atoms with E-state index in [1.165, 1.54) is 6.20 Å². The van der Waals surface area contributed by atoms with Crippen LogP contribution in [0.5, 0.6) is 0 Å². The number of carbonyl (C=O) groups is 1. The fourth-order valence-electron chi connectivity index (χ4n) is 1.81. The number of pyridine rings is 1. The predicted octanol–water partition coefficient (Wildman–Crippen LogP) is 2.78. The third-order valence-electron chi connectivity index (χ3n) is 2.63. The van der Waals surface area contributed by atoms with Gasteiger partial charge in [0.2, 0.25) is 0 Å². The van der Waals surface area contributed by atoms with Gasteiger partial charge in [0.15, 0.2) is 0 Å². The maximum atomic E-state index is 12.2. The van der Waals surface area contributed by atoms with Gasteiger partial charge in [0.1, 0.15) is 5.69 Å². The molecule has 0 aliphatic heterocycles. The van der Waals surface area contributed by atoms with E-state index in [2.05, 4.69) is 10.3 Å². The number of hydrogen-bond donors (Lipinski definition) is 2. The molecule has 1 amide bonds. The van der Waals surface area contributed by atoms with Crippen molar-refractivity contribution in [3.05, 3.63) is 41.4 Å². The SMILES string of the molecule is CCCn1cc(N)cc1C(=O)Nc1cnccc1Cl. The molecule has 3 N–H and O–H groups in total. The van der Waals surface area contributed by atoms with Crippen LogP contribution in [0.2, 0.25) is 5.02 Å². The molecular weight excluding hydrogens is 264 g/mol. The van der Waals surface area contributed by atoms with E-state index < -0.39 is 0 Å². The predicted molar refractivity (Wildman–Crippen MR) is 76.3 cm³/mol. The van der Waals surface area contributed by atoms with E-state index >= 15 is 0 Å². The number of amides is 1. The van der Waals surface area contributed by atoms with Gasteiger partial charge in [0, 0.05) is 18.9 Å². The van der Waals surface area contributed by atoms with E-state index in [9.17, 15) is 4.79 Å². The van der Waals surface area contributed by atoms with Crippen LogP contribution >= 0.6 is 11.6 Å². The first-order chi connectivity index (χ1) is 9.11. The highest BCUT2D eigenvalue weighted by Crippen LogP contribution is 2.20. The topological polar surface area (TPSA) is 72.9 Å². The van der Waals surface area contributed by atoms with Crippen molar-refractivity contribution >= 4 is 28.9 Å². The van der Waals surface area contributed by atoms with Gasteiger partial charge < -0.3 is 15.6 Å². The molecule has 19 heavy (non-hydrogen) atoms. The molecule has 0 saturated heterocycles. The number of halogens is 1. The molecule has 0 unspecified atom stereocenters. The monoisotopic (exact) mass is 278 g/mol. The summed E-state index contributed by atoms with van der Waals surface area (Å²) in [5.41, 5.74) is 7.29. The molecule has 0 aliphatic rings. The van der Waals surface area contributed by atoms with E-state index in [0.29, 0.717) is 22.1 Å². The van der Waals surface area contributed by atoms with Crippen molar-refractivity contribution in [2.24, 2.45) is 0 Å². The molecular formula is C13H15ClN4O. The van der Waals surface area contributed by atoms with Crippen LogP contribution in [0.3, 0.4) is 0 Å². The van der Waals surface area contributed by atoms with E-state index in [1.54, 1.807) is 24.5 Å². The van der Waals surface area contributed by atoms with E-state index in [0.717, 1.165) is 13.0 Å². The number of nitrogens with one attached hydrogen (secondary N) is 1. The standard InChI is InChI=1S/C13H15ClN4O/c1-2-5-18-8-9(15)6-12(18)13(19)17-11-7-16-4-3-10(11)14/h3-4,6-8H,2,5,15H2,1H3,(H,17,19). The van der Waals surface area contributed by atoms with E-state index in [-0.39, 0.29) is 5.91 Å². The Kier molecular flexibility index (Phi) is 4.06. The normalized spacial score (nSPS) is 10.4. The molecule has 0 aliphatic carbocycles. The van der Waals surface area contributed by atoms with Gasteiger partial charge >= 0.3 is 0 Å². The zero-order chi connectivity index (χ0) is 13.8. The molecule has 2 heterocycles. The van der Waals surface area contributed by atoms with Crippen LogP contribution in [0.25, 0.3) is 0 Å². The number of nitrogens with zero attached hydrogens (tertiary/aromatic N) is 2. The molecule has 0 fully saturated rings. The van der Waals surface area contributed by atoms with Crippen LogP contribution in [0.1, 0.15) is 23.8 Å². The Labute approximate surface area is 116 Å². The minimum atomic E-state index is -0.250. The molecule has 6 heteroatoms. The van der Waals surface area contributed by atoms with Crippen molar-refractivity contribution in [1.29, 1.82) is 0 Å². The fourth-order valence-corrected chi connectivity index (χ4v) is 1.96. The Morgan fingerprint density at radius 2 is 2.37 bits per heavy atom. The second-order valence-corrected chi connectivity index (χ2v) is 4.57. The van der Waals surface area contributed by atoms with Crippen LogP contribution < -0.4 is 11.1 Å². The zero-order valence-electron chi connectivity index (χ0n) is 10.6. The summed E-state index contributed by atoms with van der Waals surface area (Å²) in [5.74, 6) is -0.250. The van der Waals surface area contributed by atoms with Crippen LogP contribution in [0, 0.1) is 0 Å². The number of anilines is 2. The van der Waals surface area contributed by atoms with Crippen LogP contribution in [-0.4, -0.2) is 15.5 Å². The second-order valence-electron chi connectivity index (χ2n) is 4.16. The Morgan fingerprint density at radius 1 is 1.58 bits per heavy atom. The Hall–Kier alpha value is -2.01. The lowest BCUT2D eigenvalue weighted by Crippen LogP contribution is -2.17. The van der Waals surface area contributed by atoms with Crippen LogP contribution in [-0.2, 0) is 6.54 Å². The molecule has 2 rings (SSSR count). The van der Waals surface area contributed by atoms with Gasteiger partial charge in [-0.15, -0.1) is 0 Å². The Morgan fingerprint density at radius 3 is 3.05 bits per heavy atom. The summed E-state index contributed by atoms with van der Waals surface area (Å²) in [7, 11) is 0. The fraction of sp³-hybridized carbons (Fsp3) is 0.231. The van der Waals surface area contributed by atoms with Crippen molar-refractivity contribution < 1.29 is 4.79 Å². The van der Waals surface area contributed by atoms with Gasteiger partial charge in [-0.3, -0.25) is 9.78 Å². The van der Waals surface area contributed by atoms with Crippen molar-refractivity contribution in [2.45, 2.75) is 19.9 Å². The first kappa shape index (κ1) is 13.4. The van der Waals surface area contributed by atoms with Gasteiger partial charge in [-0.1, -0.05) is 18.5 Å². The highest BCUT2D eigenvalue weighted by atomic mass is 35.5. The van der Waals surface area contributed by atoms with Gasteiger partial charge in [-0.05, 0) is 18.6 Å². The van der Waals surface area contributed by atoms with Gasteiger partial charge in [-0.25, -0.2) is 0 Å². The quantitative estimate of drug-likeness (QED) is 0.903. The Bertz CT molecular complexity index is 594. The molecule has 5 nitrogen and oxygen atoms in total. The molecule has 2 aromatic rings. The largest absolute Gasteiger partial charge is 0.397 e. The van der Waals surface area contributed by atoms with E-state index in [4.69, 9.17) is 17.3 Å². The third-order valence-corrected chi connectivity index (χ3v) is 2.96. The zero-order valence-corrected chi connectivity index (χ0v) is 11.3. The summed E-state index contributed by atoms with van der Waals surface area (Å²) in [6, 6.07) is 3.27. The second kappa shape index (κ2) is 5.75. The lowest BCUT2D eigenvalue weighted by molar-refractivity contribution is 0.101. The summed E-state index contributed by atoms with van der Waals surface area (Å²) in [6.07, 6.45) is 5.75. The summed E-state index contributed by atoms with van der Waals surface area (Å²) >= 11 is 5.98. The molecule has 100 valence electrons. The van der Waals surface area contributed by atoms with Crippen LogP contribution in [0.4, 0.5) is 11.4 Å². The molecule has 0 bridgehead atoms. The maximum absolute atomic E-state index is 12.2. The minimum absolute atomic E-state index is 0.250. The average molecular weight is 279 g/mol. The third kappa shape index (κ3) is 3.06. The molecule has 2 aromatic heterocycles. The number of rotatable bonds is 4. The number of carbonyl (C=O) groups excluding carboxylic acids is 1. The first-order valence-electron chi connectivity index (χ1n) is 5.98. The smallest absolute Gasteiger partial charge is 0.272 e. The number of aryl methyl sites for hydroxylation is 1. The highest BCUT2D eigenvalue weighted by molar-refractivity contribution is 6.33. The Balaban J connectivity index is 2.23. The van der Waals surface area contributed by atoms with Crippen LogP contribution in [0.15, 0.2) is 30.7 Å². The number of nitrogens with two attached hydrogens (primary N) is 1. The molecule has 0 saturated carbocycles. The summed E-state index contributed by atoms with van der Waals surface area (Å²) in [5, 5.41) is 3.18. The molecule has 0 atom stereocenters. The average Bonchev–Trinajstić information content (AvgIpc) is 2.74. The molecule has 0 radical (unpaired) electrons. The van der Waals surface area contributed by atoms with Crippen molar-refractivity contribution in [3.63, 3.8) is 0 Å². The van der Waals surface area contributed by atoms with Gasteiger partial charge in [-0.2, -0.15) is 0 Å². The van der Waals surface area contributed by atoms with E-state index in [1.807, 2.05) is 11.5 Å². The van der Waals surface area contributed by atoms with Crippen molar-refractivity contribution in [3.8, 4) is 0 Å². The number of nitrogen functional groups attached to an aromatic ring is 1. The molecule has 0 aromatic carbocycles. The number of hydrogen-bond acceptors (Lipinski definition) is 3. The van der Waals surface area contributed by atoms with Gasteiger partial charge in [0.25, 0.3) is 5.91 Å². The van der Waals surface area contributed by atoms with Crippen molar-refractivity contribution in [2.75, 3.05) is 11.1 Å². The lowest BCUT2D eigenvalue weighted by Gasteiger charge is -2.09. The number of aromatic nitrogens is 2. The molecule has 0 spiro atoms. The highest BCUT2D eigenvalue weighted by Gasteiger charge is 2.14. The van der Waals surface area contributed by atoms with Crippen molar-refractivity contribution in [1.82, 2.24) is 9.55 Å². The first-order valence-corrected chi connectivity index (χ1v) is 6.36. The van der Waals surface area contributed by atoms with Gasteiger partial charge in [0.05, 0.1) is 22.6 Å². The maximum Gasteiger partial charge on any atom is 0.272 e. The summed E-state index contributed by atoms with van der Waals surface area (Å²) < 4.78 is 1.83. The lowest BCUT2D eigenvalue weighted by atomic mass is 10.3.